The van der Waals surface area contributed by atoms with Crippen LogP contribution in [0.25, 0.3) is 0 Å². The van der Waals surface area contributed by atoms with Gasteiger partial charge in [-0.25, -0.2) is 0 Å². The molecule has 26 heavy (non-hydrogen) atoms. The lowest BCUT2D eigenvalue weighted by atomic mass is 10.0. The van der Waals surface area contributed by atoms with Gasteiger partial charge in [0.15, 0.2) is 0 Å². The number of nitrogens with one attached hydrogen (secondary N) is 1. The molecule has 1 aliphatic heterocycles. The highest BCUT2D eigenvalue weighted by atomic mass is 19.4. The Labute approximate surface area is 144 Å². The Morgan fingerprint density at radius 2 is 1.77 bits per heavy atom. The molecule has 0 aromatic heterocycles. The average molecular weight is 383 g/mol. The van der Waals surface area contributed by atoms with E-state index in [2.05, 4.69) is 5.32 Å². The predicted molar refractivity (Wildman–Crippen MR) is 77.9 cm³/mol. The Morgan fingerprint density at radius 1 is 1.15 bits per heavy atom. The van der Waals surface area contributed by atoms with Gasteiger partial charge < -0.3 is 16.0 Å². The van der Waals surface area contributed by atoms with Crippen molar-refractivity contribution < 1.29 is 35.9 Å². The monoisotopic (exact) mass is 383 g/mol. The summed E-state index contributed by atoms with van der Waals surface area (Å²) in [5, 5.41) is 2.28. The van der Waals surface area contributed by atoms with Crippen LogP contribution in [0.15, 0.2) is 18.2 Å². The third-order valence-corrected chi connectivity index (χ3v) is 4.03. The van der Waals surface area contributed by atoms with Gasteiger partial charge in [0.25, 0.3) is 5.91 Å². The molecule has 0 radical (unpaired) electrons. The normalized spacial score (nSPS) is 21.0. The molecule has 2 rings (SSSR count). The number of hydrogen-bond donors (Lipinski definition) is 2. The molecular weight excluding hydrogens is 368 g/mol. The smallest absolute Gasteiger partial charge is 0.357 e. The van der Waals surface area contributed by atoms with E-state index in [0.717, 1.165) is 4.90 Å². The Bertz CT molecular complexity index is 716. The second kappa shape index (κ2) is 6.78. The highest BCUT2D eigenvalue weighted by Gasteiger charge is 2.43. The van der Waals surface area contributed by atoms with E-state index in [1.165, 1.54) is 7.05 Å². The molecule has 3 N–H and O–H groups in total. The lowest BCUT2D eigenvalue weighted by molar-refractivity contribution is -0.143. The zero-order valence-electron chi connectivity index (χ0n) is 13.4. The van der Waals surface area contributed by atoms with E-state index in [4.69, 9.17) is 5.73 Å². The summed E-state index contributed by atoms with van der Waals surface area (Å²) in [4.78, 5) is 25.3. The summed E-state index contributed by atoms with van der Waals surface area (Å²) in [5.41, 5.74) is 1.48. The van der Waals surface area contributed by atoms with Gasteiger partial charge in [0.1, 0.15) is 6.04 Å². The summed E-state index contributed by atoms with van der Waals surface area (Å²) in [7, 11) is 1.29. The molecule has 2 atom stereocenters. The quantitative estimate of drug-likeness (QED) is 0.768. The molecule has 0 saturated carbocycles. The predicted octanol–water partition coefficient (Wildman–Crippen LogP) is 2.01. The molecule has 11 heteroatoms. The van der Waals surface area contributed by atoms with E-state index in [0.29, 0.717) is 12.1 Å². The molecule has 0 bridgehead atoms. The largest absolute Gasteiger partial charge is 0.417 e. The molecule has 2 amide bonds. The SMILES string of the molecule is CNC(=O)[C@@H]1C[C@@H](N)CN1C(=O)c1ccc(C(F)(F)F)cc1C(F)(F)F. The molecule has 5 nitrogen and oxygen atoms in total. The number of nitrogens with two attached hydrogens (primary N) is 1. The molecule has 1 heterocycles. The van der Waals surface area contributed by atoms with Crippen LogP contribution in [0.3, 0.4) is 0 Å². The first kappa shape index (κ1) is 20.0. The summed E-state index contributed by atoms with van der Waals surface area (Å²) in [6.07, 6.45) is -10.1. The molecule has 1 fully saturated rings. The number of hydrogen-bond acceptors (Lipinski definition) is 3. The van der Waals surface area contributed by atoms with Gasteiger partial charge in [-0.3, -0.25) is 9.59 Å². The first-order valence-corrected chi connectivity index (χ1v) is 7.42. The van der Waals surface area contributed by atoms with Gasteiger partial charge >= 0.3 is 12.4 Å². The average Bonchev–Trinajstić information content (AvgIpc) is 2.93. The summed E-state index contributed by atoms with van der Waals surface area (Å²) in [5.74, 6) is -1.82. The van der Waals surface area contributed by atoms with E-state index in [-0.39, 0.29) is 19.0 Å². The lowest BCUT2D eigenvalue weighted by Crippen LogP contribution is -2.45. The fourth-order valence-corrected chi connectivity index (χ4v) is 2.80. The topological polar surface area (TPSA) is 75.4 Å². The third kappa shape index (κ3) is 3.92. The Hall–Kier alpha value is -2.30. The van der Waals surface area contributed by atoms with E-state index in [9.17, 15) is 35.9 Å². The second-order valence-corrected chi connectivity index (χ2v) is 5.84. The summed E-state index contributed by atoms with van der Waals surface area (Å²) < 4.78 is 77.8. The van der Waals surface area contributed by atoms with Crippen molar-refractivity contribution in [1.82, 2.24) is 10.2 Å². The minimum Gasteiger partial charge on any atom is -0.357 e. The van der Waals surface area contributed by atoms with Crippen molar-refractivity contribution in [3.63, 3.8) is 0 Å². The van der Waals surface area contributed by atoms with Crippen molar-refractivity contribution in [3.05, 3.63) is 34.9 Å². The van der Waals surface area contributed by atoms with Crippen LogP contribution in [0, 0.1) is 0 Å². The number of amides is 2. The Kier molecular flexibility index (Phi) is 5.22. The maximum atomic E-state index is 13.2. The molecule has 1 aromatic carbocycles. The van der Waals surface area contributed by atoms with Gasteiger partial charge in [0.05, 0.1) is 16.7 Å². The molecular formula is C15H15F6N3O2. The van der Waals surface area contributed by atoms with Gasteiger partial charge in [-0.15, -0.1) is 0 Å². The van der Waals surface area contributed by atoms with Crippen LogP contribution in [0.4, 0.5) is 26.3 Å². The third-order valence-electron chi connectivity index (χ3n) is 4.03. The van der Waals surface area contributed by atoms with Gasteiger partial charge in [-0.05, 0) is 24.6 Å². The van der Waals surface area contributed by atoms with Crippen molar-refractivity contribution in [1.29, 1.82) is 0 Å². The molecule has 1 aromatic rings. The summed E-state index contributed by atoms with van der Waals surface area (Å²) in [6.45, 7) is -0.185. The first-order chi connectivity index (χ1) is 11.9. The maximum absolute atomic E-state index is 13.2. The van der Waals surface area contributed by atoms with Crippen LogP contribution < -0.4 is 11.1 Å². The number of alkyl halides is 6. The number of carbonyl (C=O) groups excluding carboxylic acids is 2. The molecule has 0 spiro atoms. The van der Waals surface area contributed by atoms with Gasteiger partial charge in [0.2, 0.25) is 5.91 Å². The van der Waals surface area contributed by atoms with Crippen molar-refractivity contribution >= 4 is 11.8 Å². The van der Waals surface area contributed by atoms with Crippen molar-refractivity contribution in [2.45, 2.75) is 30.9 Å². The number of likely N-dealkylation sites (N-methyl/N-ethyl adjacent to an activating group) is 1. The highest BCUT2D eigenvalue weighted by molar-refractivity contribution is 5.99. The van der Waals surface area contributed by atoms with Crippen LogP contribution in [-0.4, -0.2) is 42.4 Å². The standard InChI is InChI=1S/C15H15F6N3O2/c1-23-12(25)11-5-8(22)6-24(11)13(26)9-3-2-7(14(16,17)18)4-10(9)15(19,20)21/h2-4,8,11H,5-6,22H2,1H3,(H,23,25)/t8-,11+/m1/s1. The van der Waals surface area contributed by atoms with E-state index in [1.54, 1.807) is 0 Å². The van der Waals surface area contributed by atoms with Crippen molar-refractivity contribution in [3.8, 4) is 0 Å². The van der Waals surface area contributed by atoms with Gasteiger partial charge in [-0.1, -0.05) is 0 Å². The summed E-state index contributed by atoms with van der Waals surface area (Å²) in [6, 6.07) is -0.972. The van der Waals surface area contributed by atoms with Gasteiger partial charge in [-0.2, -0.15) is 26.3 Å². The van der Waals surface area contributed by atoms with Crippen molar-refractivity contribution in [2.24, 2.45) is 5.73 Å². The van der Waals surface area contributed by atoms with E-state index >= 15 is 0 Å². The summed E-state index contributed by atoms with van der Waals surface area (Å²) >= 11 is 0. The minimum absolute atomic E-state index is 0.0351. The zero-order valence-corrected chi connectivity index (χ0v) is 13.4. The lowest BCUT2D eigenvalue weighted by Gasteiger charge is -2.25. The first-order valence-electron chi connectivity index (χ1n) is 7.42. The molecule has 1 aliphatic rings. The number of rotatable bonds is 2. The Morgan fingerprint density at radius 3 is 2.27 bits per heavy atom. The molecule has 0 aliphatic carbocycles. The van der Waals surface area contributed by atoms with Crippen LogP contribution in [0.2, 0.25) is 0 Å². The van der Waals surface area contributed by atoms with Crippen LogP contribution >= 0.6 is 0 Å². The minimum atomic E-state index is -5.18. The zero-order chi connectivity index (χ0) is 19.9. The Balaban J connectivity index is 2.50. The second-order valence-electron chi connectivity index (χ2n) is 5.84. The van der Waals surface area contributed by atoms with Gasteiger partial charge in [0, 0.05) is 19.6 Å². The number of halogens is 6. The van der Waals surface area contributed by atoms with E-state index in [1.807, 2.05) is 0 Å². The highest BCUT2D eigenvalue weighted by Crippen LogP contribution is 2.38. The number of nitrogens with zero attached hydrogens (tertiary/aromatic N) is 1. The van der Waals surface area contributed by atoms with Crippen LogP contribution in [0.5, 0.6) is 0 Å². The number of likely N-dealkylation sites (tertiary alicyclic amines) is 1. The van der Waals surface area contributed by atoms with E-state index < -0.39 is 52.9 Å². The van der Waals surface area contributed by atoms with Crippen LogP contribution in [-0.2, 0) is 17.1 Å². The number of carbonyl (C=O) groups is 2. The van der Waals surface area contributed by atoms with Crippen molar-refractivity contribution in [2.75, 3.05) is 13.6 Å². The number of benzene rings is 1. The fourth-order valence-electron chi connectivity index (χ4n) is 2.80. The maximum Gasteiger partial charge on any atom is 0.417 e. The van der Waals surface area contributed by atoms with Crippen LogP contribution in [0.1, 0.15) is 27.9 Å². The fraction of sp³-hybridized carbons (Fsp3) is 0.467. The molecule has 1 saturated heterocycles. The molecule has 0 unspecified atom stereocenters. The molecule has 144 valence electrons.